The smallest absolute Gasteiger partial charge is 0.317 e. The molecule has 0 radical (unpaired) electrons. The van der Waals surface area contributed by atoms with Gasteiger partial charge < -0.3 is 4.74 Å². The maximum atomic E-state index is 14.4. The summed E-state index contributed by atoms with van der Waals surface area (Å²) in [6, 6.07) is 21.0. The summed E-state index contributed by atoms with van der Waals surface area (Å²) in [6.07, 6.45) is 10.3. The first-order valence-corrected chi connectivity index (χ1v) is 14.0. The average Bonchev–Trinajstić information content (AvgIpc) is 2.96. The van der Waals surface area contributed by atoms with Crippen molar-refractivity contribution in [3.63, 3.8) is 0 Å². The number of rotatable bonds is 6. The lowest BCUT2D eigenvalue weighted by molar-refractivity contribution is -0.166. The van der Waals surface area contributed by atoms with E-state index >= 15 is 0 Å². The van der Waals surface area contributed by atoms with E-state index in [9.17, 15) is 4.79 Å². The maximum Gasteiger partial charge on any atom is 0.317 e. The fraction of sp³-hybridized carbons (Fsp3) is 0.500. The lowest BCUT2D eigenvalue weighted by Gasteiger charge is -2.52. The number of benzene rings is 2. The first-order valence-electron chi connectivity index (χ1n) is 14.0. The minimum Gasteiger partial charge on any atom is -0.455 e. The van der Waals surface area contributed by atoms with Gasteiger partial charge in [-0.05, 0) is 61.8 Å². The number of ether oxygens (including phenoxy) is 1. The number of carbonyl (C=O) groups excluding carboxylic acids is 1. The molecule has 0 spiro atoms. The van der Waals surface area contributed by atoms with Gasteiger partial charge in [0.2, 0.25) is 0 Å². The number of carbonyl (C=O) groups is 1. The van der Waals surface area contributed by atoms with Crippen molar-refractivity contribution in [1.29, 1.82) is 0 Å². The first kappa shape index (κ1) is 23.7. The van der Waals surface area contributed by atoms with Crippen LogP contribution in [0.3, 0.4) is 0 Å². The summed E-state index contributed by atoms with van der Waals surface area (Å²) < 4.78 is 6.79. The van der Waals surface area contributed by atoms with E-state index in [1.165, 1.54) is 19.3 Å². The Kier molecular flexibility index (Phi) is 6.55. The third-order valence-corrected chi connectivity index (χ3v) is 9.46. The highest BCUT2D eigenvalue weighted by Gasteiger charge is 2.48. The molecule has 4 nitrogen and oxygen atoms in total. The van der Waals surface area contributed by atoms with Gasteiger partial charge in [-0.3, -0.25) is 14.7 Å². The molecule has 1 aromatic heterocycles. The molecule has 0 amide bonds. The summed E-state index contributed by atoms with van der Waals surface area (Å²) in [6.45, 7) is 4.54. The van der Waals surface area contributed by atoms with E-state index in [0.717, 1.165) is 79.1 Å². The molecule has 4 heteroatoms. The zero-order chi connectivity index (χ0) is 24.5. The highest BCUT2D eigenvalue weighted by atomic mass is 16.5. The molecule has 2 aromatic carbocycles. The Bertz CT molecular complexity index is 1200. The van der Waals surface area contributed by atoms with Crippen molar-refractivity contribution in [2.45, 2.75) is 75.9 Å². The Morgan fingerprint density at radius 3 is 2.58 bits per heavy atom. The average molecular weight is 483 g/mol. The summed E-state index contributed by atoms with van der Waals surface area (Å²) >= 11 is 0. The number of pyridine rings is 1. The van der Waals surface area contributed by atoms with Crippen LogP contribution in [0.5, 0.6) is 0 Å². The zero-order valence-electron chi connectivity index (χ0n) is 21.4. The van der Waals surface area contributed by atoms with Crippen molar-refractivity contribution >= 4 is 16.9 Å². The predicted molar refractivity (Wildman–Crippen MR) is 144 cm³/mol. The number of aromatic nitrogens is 1. The minimum atomic E-state index is -0.546. The van der Waals surface area contributed by atoms with Crippen LogP contribution < -0.4 is 0 Å². The number of fused-ring (bicyclic) bond motifs is 4. The summed E-state index contributed by atoms with van der Waals surface area (Å²) in [5, 5.41) is 1.10. The fourth-order valence-electron chi connectivity index (χ4n) is 7.42. The van der Waals surface area contributed by atoms with Gasteiger partial charge in [-0.1, -0.05) is 81.1 Å². The van der Waals surface area contributed by atoms with Crippen LogP contribution in [0.2, 0.25) is 0 Å². The van der Waals surface area contributed by atoms with E-state index in [1.807, 2.05) is 18.3 Å². The molecule has 2 bridgehead atoms. The Hall–Kier alpha value is -2.72. The Morgan fingerprint density at radius 2 is 1.83 bits per heavy atom. The summed E-state index contributed by atoms with van der Waals surface area (Å²) in [7, 11) is 0. The first-order chi connectivity index (χ1) is 17.7. The van der Waals surface area contributed by atoms with Gasteiger partial charge in [-0.2, -0.15) is 0 Å². The summed E-state index contributed by atoms with van der Waals surface area (Å²) in [5.74, 6) is 1.44. The van der Waals surface area contributed by atoms with Crippen LogP contribution in [0, 0.1) is 11.8 Å². The molecule has 1 aliphatic carbocycles. The molecule has 0 N–H and O–H groups in total. The molecular weight excluding hydrogens is 444 g/mol. The monoisotopic (exact) mass is 482 g/mol. The Labute approximate surface area is 215 Å². The highest BCUT2D eigenvalue weighted by Crippen LogP contribution is 2.46. The summed E-state index contributed by atoms with van der Waals surface area (Å²) in [4.78, 5) is 21.6. The normalized spacial score (nSPS) is 28.0. The molecule has 36 heavy (non-hydrogen) atoms. The predicted octanol–water partition coefficient (Wildman–Crippen LogP) is 6.84. The number of hydrogen-bond acceptors (Lipinski definition) is 4. The molecule has 5 atom stereocenters. The lowest BCUT2D eigenvalue weighted by Crippen LogP contribution is -2.56. The van der Waals surface area contributed by atoms with Gasteiger partial charge in [-0.25, -0.2) is 0 Å². The molecule has 3 aliphatic heterocycles. The molecule has 3 aromatic rings. The van der Waals surface area contributed by atoms with Crippen LogP contribution >= 0.6 is 0 Å². The van der Waals surface area contributed by atoms with Crippen LogP contribution in [-0.4, -0.2) is 35.0 Å². The van der Waals surface area contributed by atoms with Gasteiger partial charge in [0, 0.05) is 23.7 Å². The Morgan fingerprint density at radius 1 is 1.06 bits per heavy atom. The van der Waals surface area contributed by atoms with E-state index in [1.54, 1.807) is 0 Å². The molecule has 4 heterocycles. The van der Waals surface area contributed by atoms with Gasteiger partial charge in [-0.15, -0.1) is 0 Å². The molecular formula is C32H38N2O2. The number of piperidine rings is 3. The van der Waals surface area contributed by atoms with Gasteiger partial charge >= 0.3 is 5.97 Å². The number of hydrogen-bond donors (Lipinski definition) is 0. The van der Waals surface area contributed by atoms with Crippen LogP contribution in [-0.2, 0) is 14.9 Å². The zero-order valence-corrected chi connectivity index (χ0v) is 21.4. The standard InChI is InChI=1S/C32H38N2O2/c1-2-23-22-34-20-16-24(23)21-29(34)30(27-15-19-33-28-14-8-7-13-26(27)28)36-31(35)32(17-9-4-10-18-32)25-11-5-3-6-12-25/h3,5-8,11-15,19,23-24,29-30H,2,4,9-10,16-18,20-22H2,1H3. The molecule has 3 saturated heterocycles. The molecule has 4 aliphatic rings. The lowest BCUT2D eigenvalue weighted by atomic mass is 9.69. The minimum absolute atomic E-state index is 0.0334. The van der Waals surface area contributed by atoms with E-state index in [0.29, 0.717) is 0 Å². The molecule has 7 rings (SSSR count). The van der Waals surface area contributed by atoms with Crippen molar-refractivity contribution in [3.8, 4) is 0 Å². The Balaban J connectivity index is 1.40. The van der Waals surface area contributed by atoms with Crippen molar-refractivity contribution < 1.29 is 9.53 Å². The van der Waals surface area contributed by atoms with Crippen LogP contribution in [0.25, 0.3) is 10.9 Å². The second kappa shape index (κ2) is 9.97. The van der Waals surface area contributed by atoms with E-state index in [-0.39, 0.29) is 18.1 Å². The van der Waals surface area contributed by atoms with Crippen molar-refractivity contribution in [2.75, 3.05) is 13.1 Å². The SMILES string of the molecule is CCC1CN2CCC1CC2C(OC(=O)C1(c2ccccc2)CCCCC1)c1ccnc2ccccc12. The van der Waals surface area contributed by atoms with Crippen LogP contribution in [0.1, 0.15) is 75.5 Å². The van der Waals surface area contributed by atoms with Gasteiger partial charge in [0.25, 0.3) is 0 Å². The van der Waals surface area contributed by atoms with Crippen LogP contribution in [0.4, 0.5) is 0 Å². The van der Waals surface area contributed by atoms with Crippen molar-refractivity contribution in [2.24, 2.45) is 11.8 Å². The molecule has 5 unspecified atom stereocenters. The topological polar surface area (TPSA) is 42.4 Å². The number of nitrogens with zero attached hydrogens (tertiary/aromatic N) is 2. The second-order valence-electron chi connectivity index (χ2n) is 11.3. The highest BCUT2D eigenvalue weighted by molar-refractivity contribution is 5.85. The molecule has 1 saturated carbocycles. The third kappa shape index (κ3) is 4.14. The third-order valence-electron chi connectivity index (χ3n) is 9.46. The molecule has 188 valence electrons. The molecule has 4 fully saturated rings. The van der Waals surface area contributed by atoms with Crippen molar-refractivity contribution in [3.05, 3.63) is 78.0 Å². The quantitative estimate of drug-likeness (QED) is 0.361. The van der Waals surface area contributed by atoms with Gasteiger partial charge in [0.1, 0.15) is 6.10 Å². The maximum absolute atomic E-state index is 14.4. The summed E-state index contributed by atoms with van der Waals surface area (Å²) in [5.41, 5.74) is 2.65. The van der Waals surface area contributed by atoms with E-state index in [2.05, 4.69) is 65.3 Å². The van der Waals surface area contributed by atoms with Crippen molar-refractivity contribution in [1.82, 2.24) is 9.88 Å². The fourth-order valence-corrected chi connectivity index (χ4v) is 7.42. The van der Waals surface area contributed by atoms with Gasteiger partial charge in [0.15, 0.2) is 0 Å². The largest absolute Gasteiger partial charge is 0.455 e. The van der Waals surface area contributed by atoms with E-state index < -0.39 is 5.41 Å². The number of esters is 1. The second-order valence-corrected chi connectivity index (χ2v) is 11.3. The number of para-hydroxylation sites is 1. The van der Waals surface area contributed by atoms with E-state index in [4.69, 9.17) is 4.74 Å². The van der Waals surface area contributed by atoms with Crippen LogP contribution in [0.15, 0.2) is 66.9 Å². The van der Waals surface area contributed by atoms with Gasteiger partial charge in [0.05, 0.1) is 17.0 Å².